The Balaban J connectivity index is 2.24. The maximum atomic E-state index is 11.1. The topological polar surface area (TPSA) is 88.7 Å². The molecule has 2 atom stereocenters. The van der Waals surface area contributed by atoms with E-state index in [2.05, 4.69) is 4.98 Å². The lowest BCUT2D eigenvalue weighted by molar-refractivity contribution is 0.0696. The largest absolute Gasteiger partial charge is 0.478 e. The van der Waals surface area contributed by atoms with E-state index in [4.69, 9.17) is 15.6 Å². The molecule has 0 radical (unpaired) electrons. The van der Waals surface area contributed by atoms with Crippen LogP contribution in [-0.2, 0) is 4.74 Å². The fraction of sp³-hybridized carbons (Fsp3) is 0.538. The molecule has 2 unspecified atom stereocenters. The number of carbonyl (C=O) groups is 1. The zero-order valence-electron chi connectivity index (χ0n) is 11.2. The van der Waals surface area contributed by atoms with Crippen LogP contribution in [0, 0.1) is 6.92 Å². The number of nitrogens with zero attached hydrogens (tertiary/aromatic N) is 2. The average molecular weight is 265 g/mol. The second kappa shape index (κ2) is 5.54. The summed E-state index contributed by atoms with van der Waals surface area (Å²) in [6, 6.07) is 3.18. The van der Waals surface area contributed by atoms with Gasteiger partial charge in [0.25, 0.3) is 0 Å². The standard InChI is InChI=1S/C13H19N3O3/c1-8-5-9(13(17)18)6-12(15-8)16-4-3-10(14)11(7-16)19-2/h5-6,10-11H,3-4,7,14H2,1-2H3,(H,17,18). The smallest absolute Gasteiger partial charge is 0.335 e. The van der Waals surface area contributed by atoms with Crippen molar-refractivity contribution in [1.29, 1.82) is 0 Å². The third kappa shape index (κ3) is 3.02. The molecule has 1 aliphatic heterocycles. The first-order valence-electron chi connectivity index (χ1n) is 6.26. The van der Waals surface area contributed by atoms with Gasteiger partial charge in [0, 0.05) is 31.9 Å². The molecule has 0 bridgehead atoms. The molecule has 2 rings (SSSR count). The number of methoxy groups -OCH3 is 1. The Morgan fingerprint density at radius 1 is 1.58 bits per heavy atom. The third-order valence-corrected chi connectivity index (χ3v) is 3.42. The Hall–Kier alpha value is -1.66. The first-order chi connectivity index (χ1) is 9.01. The van der Waals surface area contributed by atoms with Crippen molar-refractivity contribution in [2.75, 3.05) is 25.1 Å². The van der Waals surface area contributed by atoms with Gasteiger partial charge in [-0.3, -0.25) is 0 Å². The van der Waals surface area contributed by atoms with E-state index < -0.39 is 5.97 Å². The second-order valence-electron chi connectivity index (χ2n) is 4.83. The molecular weight excluding hydrogens is 246 g/mol. The quantitative estimate of drug-likeness (QED) is 0.833. The number of hydrogen-bond donors (Lipinski definition) is 2. The maximum absolute atomic E-state index is 11.1. The van der Waals surface area contributed by atoms with E-state index in [0.717, 1.165) is 13.0 Å². The number of carboxylic acids is 1. The molecule has 0 amide bonds. The number of aromatic nitrogens is 1. The van der Waals surface area contributed by atoms with Gasteiger partial charge in [-0.05, 0) is 25.5 Å². The summed E-state index contributed by atoms with van der Waals surface area (Å²) in [6.07, 6.45) is 0.751. The summed E-state index contributed by atoms with van der Waals surface area (Å²) >= 11 is 0. The van der Waals surface area contributed by atoms with Gasteiger partial charge in [-0.25, -0.2) is 9.78 Å². The van der Waals surface area contributed by atoms with Gasteiger partial charge in [0.05, 0.1) is 11.7 Å². The number of carboxylic acid groups (broad SMARTS) is 1. The summed E-state index contributed by atoms with van der Waals surface area (Å²) in [7, 11) is 1.64. The summed E-state index contributed by atoms with van der Waals surface area (Å²) in [4.78, 5) is 17.5. The minimum absolute atomic E-state index is 0.0185. The van der Waals surface area contributed by atoms with Crippen LogP contribution >= 0.6 is 0 Å². The van der Waals surface area contributed by atoms with Gasteiger partial charge in [0.15, 0.2) is 0 Å². The van der Waals surface area contributed by atoms with Crippen molar-refractivity contribution in [2.24, 2.45) is 5.73 Å². The third-order valence-electron chi connectivity index (χ3n) is 3.42. The lowest BCUT2D eigenvalue weighted by Crippen LogP contribution is -2.51. The molecule has 6 heteroatoms. The van der Waals surface area contributed by atoms with Crippen LogP contribution in [0.5, 0.6) is 0 Å². The molecule has 2 heterocycles. The Labute approximate surface area is 112 Å². The van der Waals surface area contributed by atoms with Crippen molar-refractivity contribution < 1.29 is 14.6 Å². The normalized spacial score (nSPS) is 23.4. The summed E-state index contributed by atoms with van der Waals surface area (Å²) < 4.78 is 5.35. The molecule has 1 fully saturated rings. The van der Waals surface area contributed by atoms with Crippen molar-refractivity contribution >= 4 is 11.8 Å². The highest BCUT2D eigenvalue weighted by molar-refractivity contribution is 5.88. The van der Waals surface area contributed by atoms with Gasteiger partial charge >= 0.3 is 5.97 Å². The van der Waals surface area contributed by atoms with Crippen molar-refractivity contribution in [2.45, 2.75) is 25.5 Å². The molecule has 3 N–H and O–H groups in total. The van der Waals surface area contributed by atoms with Gasteiger partial charge in [-0.15, -0.1) is 0 Å². The fourth-order valence-corrected chi connectivity index (χ4v) is 2.33. The number of aryl methyl sites for hydroxylation is 1. The van der Waals surface area contributed by atoms with Crippen LogP contribution in [0.1, 0.15) is 22.5 Å². The molecule has 1 aliphatic rings. The first-order valence-corrected chi connectivity index (χ1v) is 6.26. The zero-order chi connectivity index (χ0) is 14.0. The highest BCUT2D eigenvalue weighted by atomic mass is 16.5. The molecule has 6 nitrogen and oxygen atoms in total. The van der Waals surface area contributed by atoms with Crippen LogP contribution in [0.4, 0.5) is 5.82 Å². The minimum atomic E-state index is -0.941. The average Bonchev–Trinajstić information content (AvgIpc) is 2.38. The van der Waals surface area contributed by atoms with Gasteiger partial charge < -0.3 is 20.5 Å². The van der Waals surface area contributed by atoms with Crippen LogP contribution in [0.3, 0.4) is 0 Å². The van der Waals surface area contributed by atoms with Crippen LogP contribution in [0.25, 0.3) is 0 Å². The SMILES string of the molecule is COC1CN(c2cc(C(=O)O)cc(C)n2)CCC1N. The van der Waals surface area contributed by atoms with Crippen molar-refractivity contribution in [3.8, 4) is 0 Å². The van der Waals surface area contributed by atoms with E-state index in [1.54, 1.807) is 26.2 Å². The Kier molecular flexibility index (Phi) is 4.01. The highest BCUT2D eigenvalue weighted by Crippen LogP contribution is 2.20. The highest BCUT2D eigenvalue weighted by Gasteiger charge is 2.27. The number of anilines is 1. The van der Waals surface area contributed by atoms with Crippen LogP contribution in [-0.4, -0.2) is 48.4 Å². The van der Waals surface area contributed by atoms with E-state index in [1.807, 2.05) is 4.90 Å². The molecule has 104 valence electrons. The number of aromatic carboxylic acids is 1. The molecule has 0 aliphatic carbocycles. The van der Waals surface area contributed by atoms with Gasteiger partial charge in [0.1, 0.15) is 5.82 Å². The fourth-order valence-electron chi connectivity index (χ4n) is 2.33. The molecule has 1 saturated heterocycles. The molecule has 19 heavy (non-hydrogen) atoms. The summed E-state index contributed by atoms with van der Waals surface area (Å²) in [6.45, 7) is 3.18. The number of nitrogens with two attached hydrogens (primary N) is 1. The summed E-state index contributed by atoms with van der Waals surface area (Å²) in [5.74, 6) is -0.268. The van der Waals surface area contributed by atoms with E-state index in [9.17, 15) is 4.79 Å². The number of hydrogen-bond acceptors (Lipinski definition) is 5. The lowest BCUT2D eigenvalue weighted by Gasteiger charge is -2.36. The molecule has 0 spiro atoms. The van der Waals surface area contributed by atoms with Crippen molar-refractivity contribution in [3.63, 3.8) is 0 Å². The van der Waals surface area contributed by atoms with Crippen LogP contribution < -0.4 is 10.6 Å². The predicted molar refractivity (Wildman–Crippen MR) is 71.5 cm³/mol. The molecule has 0 saturated carbocycles. The van der Waals surface area contributed by atoms with E-state index in [-0.39, 0.29) is 17.7 Å². The molecule has 1 aromatic rings. The maximum Gasteiger partial charge on any atom is 0.335 e. The molecular formula is C13H19N3O3. The van der Waals surface area contributed by atoms with Crippen molar-refractivity contribution in [1.82, 2.24) is 4.98 Å². The number of piperidine rings is 1. The van der Waals surface area contributed by atoms with Gasteiger partial charge in [-0.2, -0.15) is 0 Å². The monoisotopic (exact) mass is 265 g/mol. The minimum Gasteiger partial charge on any atom is -0.478 e. The number of rotatable bonds is 3. The molecule has 1 aromatic heterocycles. The first kappa shape index (κ1) is 13.8. The van der Waals surface area contributed by atoms with Crippen molar-refractivity contribution in [3.05, 3.63) is 23.4 Å². The van der Waals surface area contributed by atoms with Gasteiger partial charge in [-0.1, -0.05) is 0 Å². The Morgan fingerprint density at radius 3 is 2.95 bits per heavy atom. The zero-order valence-corrected chi connectivity index (χ0v) is 11.2. The molecule has 0 aromatic carbocycles. The van der Waals surface area contributed by atoms with Crippen LogP contribution in [0.2, 0.25) is 0 Å². The van der Waals surface area contributed by atoms with E-state index in [1.165, 1.54) is 0 Å². The van der Waals surface area contributed by atoms with Gasteiger partial charge in [0.2, 0.25) is 0 Å². The lowest BCUT2D eigenvalue weighted by atomic mass is 10.0. The second-order valence-corrected chi connectivity index (χ2v) is 4.83. The summed E-state index contributed by atoms with van der Waals surface area (Å²) in [5.41, 5.74) is 6.92. The summed E-state index contributed by atoms with van der Waals surface area (Å²) in [5, 5.41) is 9.08. The predicted octanol–water partition coefficient (Wildman–Crippen LogP) is 0.641. The Morgan fingerprint density at radius 2 is 2.32 bits per heavy atom. The van der Waals surface area contributed by atoms with Crippen LogP contribution in [0.15, 0.2) is 12.1 Å². The van der Waals surface area contributed by atoms with E-state index >= 15 is 0 Å². The Bertz CT molecular complexity index is 478. The number of ether oxygens (including phenoxy) is 1. The number of pyridine rings is 1. The van der Waals surface area contributed by atoms with E-state index in [0.29, 0.717) is 18.1 Å².